The van der Waals surface area contributed by atoms with E-state index in [0.29, 0.717) is 5.39 Å². The Morgan fingerprint density at radius 2 is 1.58 bits per heavy atom. The molecule has 0 saturated heterocycles. The second kappa shape index (κ2) is 6.11. The monoisotopic (exact) mass is 345 g/mol. The van der Waals surface area contributed by atoms with E-state index in [1.807, 2.05) is 18.2 Å². The van der Waals surface area contributed by atoms with Gasteiger partial charge in [0.25, 0.3) is 11.8 Å². The molecule has 0 aliphatic carbocycles. The van der Waals surface area contributed by atoms with Gasteiger partial charge in [0.1, 0.15) is 6.04 Å². The lowest BCUT2D eigenvalue weighted by Crippen LogP contribution is -2.46. The summed E-state index contributed by atoms with van der Waals surface area (Å²) in [6, 6.07) is 18.4. The van der Waals surface area contributed by atoms with Crippen LogP contribution < -0.4 is 0 Å². The highest BCUT2D eigenvalue weighted by molar-refractivity contribution is 6.27. The first-order chi connectivity index (χ1) is 12.6. The number of carbonyl (C=O) groups is 3. The summed E-state index contributed by atoms with van der Waals surface area (Å²) < 4.78 is 0. The van der Waals surface area contributed by atoms with Crippen molar-refractivity contribution in [3.8, 4) is 0 Å². The van der Waals surface area contributed by atoms with Gasteiger partial charge >= 0.3 is 5.97 Å². The van der Waals surface area contributed by atoms with E-state index >= 15 is 0 Å². The van der Waals surface area contributed by atoms with Crippen molar-refractivity contribution in [3.05, 3.63) is 83.4 Å². The third kappa shape index (κ3) is 2.45. The Labute approximate surface area is 149 Å². The lowest BCUT2D eigenvalue weighted by atomic mass is 10.0. The van der Waals surface area contributed by atoms with Crippen molar-refractivity contribution in [3.63, 3.8) is 0 Å². The first-order valence-corrected chi connectivity index (χ1v) is 8.24. The first-order valence-electron chi connectivity index (χ1n) is 8.24. The van der Waals surface area contributed by atoms with E-state index in [9.17, 15) is 19.5 Å². The Bertz CT molecular complexity index is 1040. The summed E-state index contributed by atoms with van der Waals surface area (Å²) in [5, 5.41) is 11.2. The number of fused-ring (bicyclic) bond motifs is 3. The normalized spacial score (nSPS) is 14.5. The van der Waals surface area contributed by atoms with Gasteiger partial charge in [0, 0.05) is 6.42 Å². The molecule has 26 heavy (non-hydrogen) atoms. The molecule has 3 aromatic carbocycles. The van der Waals surface area contributed by atoms with Gasteiger partial charge in [-0.25, -0.2) is 4.79 Å². The third-order valence-corrected chi connectivity index (χ3v) is 4.68. The zero-order valence-electron chi connectivity index (χ0n) is 13.8. The van der Waals surface area contributed by atoms with Crippen LogP contribution in [-0.4, -0.2) is 33.8 Å². The second-order valence-electron chi connectivity index (χ2n) is 6.23. The molecule has 1 aliphatic rings. The van der Waals surface area contributed by atoms with Crippen molar-refractivity contribution >= 4 is 28.6 Å². The van der Waals surface area contributed by atoms with E-state index in [4.69, 9.17) is 0 Å². The second-order valence-corrected chi connectivity index (χ2v) is 6.23. The fourth-order valence-corrected chi connectivity index (χ4v) is 3.43. The topological polar surface area (TPSA) is 74.7 Å². The number of carbonyl (C=O) groups excluding carboxylic acids is 2. The van der Waals surface area contributed by atoms with Crippen LogP contribution in [0.4, 0.5) is 0 Å². The molecule has 3 aromatic rings. The lowest BCUT2D eigenvalue weighted by Gasteiger charge is -2.22. The fourth-order valence-electron chi connectivity index (χ4n) is 3.43. The number of carboxylic acids is 1. The van der Waals surface area contributed by atoms with Crippen molar-refractivity contribution in [1.82, 2.24) is 4.90 Å². The lowest BCUT2D eigenvalue weighted by molar-refractivity contribution is -0.141. The molecule has 1 atom stereocenters. The van der Waals surface area contributed by atoms with Gasteiger partial charge in [0.15, 0.2) is 0 Å². The van der Waals surface area contributed by atoms with Gasteiger partial charge < -0.3 is 5.11 Å². The average molecular weight is 345 g/mol. The molecule has 1 heterocycles. The van der Waals surface area contributed by atoms with E-state index in [1.165, 1.54) is 0 Å². The van der Waals surface area contributed by atoms with Gasteiger partial charge in [-0.3, -0.25) is 14.5 Å². The van der Waals surface area contributed by atoms with Gasteiger partial charge in [0.2, 0.25) is 0 Å². The Balaban J connectivity index is 1.79. The molecule has 5 nitrogen and oxygen atoms in total. The van der Waals surface area contributed by atoms with Crippen LogP contribution in [0.15, 0.2) is 66.7 Å². The van der Waals surface area contributed by atoms with Gasteiger partial charge in [-0.05, 0) is 22.4 Å². The molecule has 128 valence electrons. The minimum Gasteiger partial charge on any atom is -0.480 e. The Hall–Kier alpha value is -3.47. The Morgan fingerprint density at radius 1 is 0.885 bits per heavy atom. The summed E-state index contributed by atoms with van der Waals surface area (Å²) in [6.07, 6.45) is 0.0690. The summed E-state index contributed by atoms with van der Waals surface area (Å²) in [6.45, 7) is 0. The maximum atomic E-state index is 13.0. The van der Waals surface area contributed by atoms with Crippen molar-refractivity contribution in [2.24, 2.45) is 0 Å². The standard InChI is InChI=1S/C21H15NO4/c23-19-16-11-10-14-8-4-5-9-15(14)18(16)20(24)22(19)17(21(25)26)12-13-6-2-1-3-7-13/h1-11,17H,12H2,(H,25,26)/t17-/m0/s1. The Morgan fingerprint density at radius 3 is 2.31 bits per heavy atom. The predicted octanol–water partition coefficient (Wildman–Crippen LogP) is 3.13. The summed E-state index contributed by atoms with van der Waals surface area (Å²) in [7, 11) is 0. The number of hydrogen-bond donors (Lipinski definition) is 1. The van der Waals surface area contributed by atoms with Gasteiger partial charge in [-0.1, -0.05) is 60.7 Å². The maximum absolute atomic E-state index is 13.0. The molecule has 0 fully saturated rings. The molecule has 2 amide bonds. The van der Waals surface area contributed by atoms with Crippen LogP contribution in [0, 0.1) is 0 Å². The quantitative estimate of drug-likeness (QED) is 0.737. The van der Waals surface area contributed by atoms with Crippen LogP contribution in [0.5, 0.6) is 0 Å². The predicted molar refractivity (Wildman–Crippen MR) is 96.0 cm³/mol. The van der Waals surface area contributed by atoms with Crippen LogP contribution >= 0.6 is 0 Å². The van der Waals surface area contributed by atoms with Gasteiger partial charge in [-0.15, -0.1) is 0 Å². The number of imide groups is 1. The molecule has 0 saturated carbocycles. The molecule has 0 unspecified atom stereocenters. The molecule has 0 spiro atoms. The highest BCUT2D eigenvalue weighted by Gasteiger charge is 2.43. The van der Waals surface area contributed by atoms with Crippen LogP contribution in [0.2, 0.25) is 0 Å². The summed E-state index contributed by atoms with van der Waals surface area (Å²) in [5.74, 6) is -2.31. The Kier molecular flexibility index (Phi) is 3.77. The van der Waals surface area contributed by atoms with E-state index in [2.05, 4.69) is 0 Å². The van der Waals surface area contributed by atoms with E-state index in [1.54, 1.807) is 48.5 Å². The number of nitrogens with zero attached hydrogens (tertiary/aromatic N) is 1. The van der Waals surface area contributed by atoms with Crippen molar-refractivity contribution in [1.29, 1.82) is 0 Å². The number of rotatable bonds is 4. The maximum Gasteiger partial charge on any atom is 0.327 e. The van der Waals surface area contributed by atoms with Crippen LogP contribution in [0.25, 0.3) is 10.8 Å². The van der Waals surface area contributed by atoms with Gasteiger partial charge in [-0.2, -0.15) is 0 Å². The molecule has 0 bridgehead atoms. The minimum absolute atomic E-state index is 0.0690. The average Bonchev–Trinajstić information content (AvgIpc) is 2.91. The van der Waals surface area contributed by atoms with E-state index < -0.39 is 23.8 Å². The molecular weight excluding hydrogens is 330 g/mol. The fraction of sp³-hybridized carbons (Fsp3) is 0.0952. The molecule has 5 heteroatoms. The molecule has 1 N–H and O–H groups in total. The zero-order valence-corrected chi connectivity index (χ0v) is 13.8. The van der Waals surface area contributed by atoms with Crippen LogP contribution in [0.3, 0.4) is 0 Å². The highest BCUT2D eigenvalue weighted by Crippen LogP contribution is 2.32. The van der Waals surface area contributed by atoms with Crippen molar-refractivity contribution < 1.29 is 19.5 Å². The van der Waals surface area contributed by atoms with E-state index in [0.717, 1.165) is 15.8 Å². The molecule has 4 rings (SSSR count). The number of benzene rings is 3. The number of aliphatic carboxylic acids is 1. The molecule has 0 radical (unpaired) electrons. The molecule has 0 aromatic heterocycles. The van der Waals surface area contributed by atoms with Gasteiger partial charge in [0.05, 0.1) is 11.1 Å². The number of hydrogen-bond acceptors (Lipinski definition) is 3. The van der Waals surface area contributed by atoms with Crippen molar-refractivity contribution in [2.75, 3.05) is 0 Å². The first kappa shape index (κ1) is 16.0. The van der Waals surface area contributed by atoms with E-state index in [-0.39, 0.29) is 17.5 Å². The largest absolute Gasteiger partial charge is 0.480 e. The summed E-state index contributed by atoms with van der Waals surface area (Å²) in [5.41, 5.74) is 1.29. The van der Waals surface area contributed by atoms with Crippen molar-refractivity contribution in [2.45, 2.75) is 12.5 Å². The van der Waals surface area contributed by atoms with Crippen LogP contribution in [0.1, 0.15) is 26.3 Å². The highest BCUT2D eigenvalue weighted by atomic mass is 16.4. The van der Waals surface area contributed by atoms with Crippen LogP contribution in [-0.2, 0) is 11.2 Å². The summed E-state index contributed by atoms with van der Waals surface area (Å²) >= 11 is 0. The molecular formula is C21H15NO4. The number of amides is 2. The SMILES string of the molecule is O=C(O)[C@H](Cc1ccccc1)N1C(=O)c2ccc3ccccc3c2C1=O. The smallest absolute Gasteiger partial charge is 0.327 e. The third-order valence-electron chi connectivity index (χ3n) is 4.68. The zero-order chi connectivity index (χ0) is 18.3. The number of carboxylic acid groups (broad SMARTS) is 1. The summed E-state index contributed by atoms with van der Waals surface area (Å²) in [4.78, 5) is 38.6. The molecule has 1 aliphatic heterocycles. The minimum atomic E-state index is -1.25.